The molecule has 1 fully saturated rings. The molecule has 0 spiro atoms. The van der Waals surface area contributed by atoms with Crippen LogP contribution in [0.15, 0.2) is 42.5 Å². The summed E-state index contributed by atoms with van der Waals surface area (Å²) in [5.41, 5.74) is 3.04. The van der Waals surface area contributed by atoms with Crippen LogP contribution in [-0.2, 0) is 27.6 Å². The van der Waals surface area contributed by atoms with Gasteiger partial charge in [-0.3, -0.25) is 14.5 Å². The fourth-order valence-corrected chi connectivity index (χ4v) is 4.13. The molecule has 150 valence electrons. The molecular weight excluding hydrogens is 372 g/mol. The zero-order valence-corrected chi connectivity index (χ0v) is 16.0. The third-order valence-corrected chi connectivity index (χ3v) is 5.79. The number of fused-ring (bicyclic) bond motifs is 2. The van der Waals surface area contributed by atoms with Crippen molar-refractivity contribution >= 4 is 11.9 Å². The number of para-hydroxylation sites is 1. The molecule has 0 bridgehead atoms. The highest BCUT2D eigenvalue weighted by Gasteiger charge is 2.36. The molecule has 5 rings (SSSR count). The number of esters is 1. The number of ether oxygens (including phenoxy) is 1. The number of piperazine rings is 1. The molecule has 0 aliphatic carbocycles. The number of amides is 1. The number of carbonyl (C=O) groups is 2. The fourth-order valence-electron chi connectivity index (χ4n) is 4.13. The SMILES string of the molecule is O=C1Oc2ccccc2C1CC(=O)N1CCN(Cc2ccc3c(c2)OOC3)CC1. The number of hydrogen-bond donors (Lipinski definition) is 0. The monoisotopic (exact) mass is 394 g/mol. The maximum Gasteiger partial charge on any atom is 0.319 e. The summed E-state index contributed by atoms with van der Waals surface area (Å²) >= 11 is 0. The van der Waals surface area contributed by atoms with Crippen molar-refractivity contribution in [3.05, 3.63) is 59.2 Å². The van der Waals surface area contributed by atoms with Crippen LogP contribution in [0.3, 0.4) is 0 Å². The van der Waals surface area contributed by atoms with E-state index in [-0.39, 0.29) is 18.3 Å². The van der Waals surface area contributed by atoms with Crippen LogP contribution in [0.4, 0.5) is 0 Å². The molecule has 29 heavy (non-hydrogen) atoms. The number of carbonyl (C=O) groups excluding carboxylic acids is 2. The Morgan fingerprint density at radius 1 is 1.03 bits per heavy atom. The molecular formula is C22H22N2O5. The van der Waals surface area contributed by atoms with Gasteiger partial charge in [0, 0.05) is 50.3 Å². The Kier molecular flexibility index (Phi) is 4.69. The lowest BCUT2D eigenvalue weighted by Gasteiger charge is -2.35. The Morgan fingerprint density at radius 2 is 1.86 bits per heavy atom. The Bertz CT molecular complexity index is 952. The van der Waals surface area contributed by atoms with Gasteiger partial charge in [0.1, 0.15) is 12.4 Å². The lowest BCUT2D eigenvalue weighted by atomic mass is 9.96. The first-order valence-corrected chi connectivity index (χ1v) is 9.89. The average Bonchev–Trinajstić information content (AvgIpc) is 3.32. The van der Waals surface area contributed by atoms with E-state index in [4.69, 9.17) is 14.5 Å². The standard InChI is InChI=1S/C22H22N2O5/c25-21(12-18-17-3-1-2-4-19(17)28-22(18)26)24-9-7-23(8-10-24)13-15-5-6-16-14-27-29-20(16)11-15/h1-6,11,18H,7-10,12-14H2. The molecule has 1 amide bonds. The summed E-state index contributed by atoms with van der Waals surface area (Å²) in [6, 6.07) is 13.5. The second-order valence-electron chi connectivity index (χ2n) is 7.66. The average molecular weight is 394 g/mol. The van der Waals surface area contributed by atoms with Gasteiger partial charge < -0.3 is 14.5 Å². The van der Waals surface area contributed by atoms with Gasteiger partial charge in [-0.25, -0.2) is 0 Å². The molecule has 3 aliphatic heterocycles. The Balaban J connectivity index is 1.16. The normalized spacial score (nSPS) is 20.8. The van der Waals surface area contributed by atoms with Crippen molar-refractivity contribution in [3.8, 4) is 11.5 Å². The zero-order chi connectivity index (χ0) is 19.8. The van der Waals surface area contributed by atoms with E-state index in [1.807, 2.05) is 35.2 Å². The predicted molar refractivity (Wildman–Crippen MR) is 103 cm³/mol. The Morgan fingerprint density at radius 3 is 2.72 bits per heavy atom. The lowest BCUT2D eigenvalue weighted by Crippen LogP contribution is -2.48. The molecule has 3 heterocycles. The van der Waals surface area contributed by atoms with Crippen molar-refractivity contribution in [2.75, 3.05) is 26.2 Å². The summed E-state index contributed by atoms with van der Waals surface area (Å²) < 4.78 is 5.29. The van der Waals surface area contributed by atoms with Crippen LogP contribution in [0.2, 0.25) is 0 Å². The second-order valence-corrected chi connectivity index (χ2v) is 7.66. The van der Waals surface area contributed by atoms with Crippen LogP contribution < -0.4 is 9.62 Å². The van der Waals surface area contributed by atoms with E-state index in [1.54, 1.807) is 6.07 Å². The minimum Gasteiger partial charge on any atom is -0.426 e. The third-order valence-electron chi connectivity index (χ3n) is 5.79. The minimum atomic E-state index is -0.495. The fraction of sp³-hybridized carbons (Fsp3) is 0.364. The molecule has 0 N–H and O–H groups in total. The van der Waals surface area contributed by atoms with E-state index in [0.717, 1.165) is 36.5 Å². The first-order valence-electron chi connectivity index (χ1n) is 9.89. The number of rotatable bonds is 4. The van der Waals surface area contributed by atoms with Crippen LogP contribution in [-0.4, -0.2) is 47.9 Å². The lowest BCUT2D eigenvalue weighted by molar-refractivity contribution is -0.194. The van der Waals surface area contributed by atoms with Crippen molar-refractivity contribution < 1.29 is 24.1 Å². The van der Waals surface area contributed by atoms with E-state index in [1.165, 1.54) is 5.56 Å². The van der Waals surface area contributed by atoms with Gasteiger partial charge in [-0.15, -0.1) is 0 Å². The van der Waals surface area contributed by atoms with E-state index < -0.39 is 5.92 Å². The van der Waals surface area contributed by atoms with E-state index in [0.29, 0.717) is 25.4 Å². The number of benzene rings is 2. The van der Waals surface area contributed by atoms with Crippen LogP contribution in [0.1, 0.15) is 29.0 Å². The Hall–Kier alpha value is -2.90. The molecule has 3 aliphatic rings. The quantitative estimate of drug-likeness (QED) is 0.450. The summed E-state index contributed by atoms with van der Waals surface area (Å²) in [6.07, 6.45) is 0.165. The topological polar surface area (TPSA) is 68.3 Å². The van der Waals surface area contributed by atoms with Crippen LogP contribution in [0, 0.1) is 0 Å². The highest BCUT2D eigenvalue weighted by molar-refractivity contribution is 5.91. The van der Waals surface area contributed by atoms with E-state index in [9.17, 15) is 9.59 Å². The van der Waals surface area contributed by atoms with Crippen LogP contribution in [0.5, 0.6) is 11.5 Å². The summed E-state index contributed by atoms with van der Waals surface area (Å²) in [4.78, 5) is 39.3. The molecule has 0 radical (unpaired) electrons. The maximum absolute atomic E-state index is 12.8. The van der Waals surface area contributed by atoms with Crippen molar-refractivity contribution in [1.29, 1.82) is 0 Å². The molecule has 1 saturated heterocycles. The van der Waals surface area contributed by atoms with Gasteiger partial charge in [0.05, 0.1) is 5.92 Å². The summed E-state index contributed by atoms with van der Waals surface area (Å²) in [5, 5.41) is 0. The molecule has 1 atom stereocenters. The largest absolute Gasteiger partial charge is 0.426 e. The number of nitrogens with zero attached hydrogens (tertiary/aromatic N) is 2. The van der Waals surface area contributed by atoms with E-state index >= 15 is 0 Å². The third kappa shape index (κ3) is 3.59. The van der Waals surface area contributed by atoms with Gasteiger partial charge in [0.15, 0.2) is 5.75 Å². The second kappa shape index (κ2) is 7.50. The van der Waals surface area contributed by atoms with Crippen molar-refractivity contribution in [1.82, 2.24) is 9.80 Å². The van der Waals surface area contributed by atoms with Gasteiger partial charge in [-0.05, 0) is 17.7 Å². The first kappa shape index (κ1) is 18.1. The molecule has 1 unspecified atom stereocenters. The summed E-state index contributed by atoms with van der Waals surface area (Å²) in [7, 11) is 0. The van der Waals surface area contributed by atoms with Gasteiger partial charge in [0.2, 0.25) is 5.91 Å². The molecule has 2 aromatic carbocycles. The first-order chi connectivity index (χ1) is 14.2. The van der Waals surface area contributed by atoms with Gasteiger partial charge >= 0.3 is 5.97 Å². The van der Waals surface area contributed by atoms with Crippen molar-refractivity contribution in [2.24, 2.45) is 0 Å². The van der Waals surface area contributed by atoms with Crippen LogP contribution in [0.25, 0.3) is 0 Å². The summed E-state index contributed by atoms with van der Waals surface area (Å²) in [5.74, 6) is 0.543. The highest BCUT2D eigenvalue weighted by Crippen LogP contribution is 2.37. The summed E-state index contributed by atoms with van der Waals surface area (Å²) in [6.45, 7) is 4.22. The van der Waals surface area contributed by atoms with Crippen LogP contribution >= 0.6 is 0 Å². The molecule has 0 saturated carbocycles. The minimum absolute atomic E-state index is 0.00591. The molecule has 0 aromatic heterocycles. The predicted octanol–water partition coefficient (Wildman–Crippen LogP) is 2.25. The van der Waals surface area contributed by atoms with Crippen molar-refractivity contribution in [2.45, 2.75) is 25.5 Å². The molecule has 2 aromatic rings. The van der Waals surface area contributed by atoms with Gasteiger partial charge in [-0.1, -0.05) is 30.3 Å². The van der Waals surface area contributed by atoms with Crippen molar-refractivity contribution in [3.63, 3.8) is 0 Å². The van der Waals surface area contributed by atoms with Gasteiger partial charge in [0.25, 0.3) is 0 Å². The number of hydrogen-bond acceptors (Lipinski definition) is 6. The van der Waals surface area contributed by atoms with E-state index in [2.05, 4.69) is 11.0 Å². The smallest absolute Gasteiger partial charge is 0.319 e. The highest BCUT2D eigenvalue weighted by atomic mass is 17.2. The van der Waals surface area contributed by atoms with Gasteiger partial charge in [-0.2, -0.15) is 4.89 Å². The molecule has 7 heteroatoms. The molecule has 7 nitrogen and oxygen atoms in total. The maximum atomic E-state index is 12.8. The Labute approximate surface area is 168 Å². The zero-order valence-electron chi connectivity index (χ0n) is 16.0.